The predicted molar refractivity (Wildman–Crippen MR) is 79.2 cm³/mol. The van der Waals surface area contributed by atoms with E-state index in [1.54, 1.807) is 7.05 Å². The van der Waals surface area contributed by atoms with Crippen LogP contribution in [0.5, 0.6) is 0 Å². The number of benzene rings is 1. The fourth-order valence-electron chi connectivity index (χ4n) is 2.61. The number of morpholine rings is 1. The first-order valence-corrected chi connectivity index (χ1v) is 6.94. The Morgan fingerprint density at radius 3 is 2.43 bits per heavy atom. The molecule has 0 aromatic heterocycles. The third kappa shape index (κ3) is 2.88. The average Bonchev–Trinajstić information content (AvgIpc) is 2.57. The second-order valence-electron chi connectivity index (χ2n) is 4.72. The van der Waals surface area contributed by atoms with Crippen LogP contribution in [-0.4, -0.2) is 53.5 Å². The van der Waals surface area contributed by atoms with Crippen molar-refractivity contribution in [3.63, 3.8) is 0 Å². The van der Waals surface area contributed by atoms with Gasteiger partial charge in [0.25, 0.3) is 11.7 Å². The number of amides is 1. The van der Waals surface area contributed by atoms with E-state index in [0.717, 1.165) is 18.8 Å². The molecule has 1 amide bonds. The molecule has 0 saturated carbocycles. The zero-order chi connectivity index (χ0) is 15.3. The lowest BCUT2D eigenvalue weighted by atomic mass is 10.0. The molecule has 1 aromatic rings. The van der Waals surface area contributed by atoms with Crippen LogP contribution in [0.25, 0.3) is 0 Å². The van der Waals surface area contributed by atoms with Crippen molar-refractivity contribution >= 4 is 11.6 Å². The van der Waals surface area contributed by atoms with Gasteiger partial charge in [0.2, 0.25) is 0 Å². The van der Waals surface area contributed by atoms with E-state index >= 15 is 0 Å². The Morgan fingerprint density at radius 2 is 1.86 bits per heavy atom. The van der Waals surface area contributed by atoms with Gasteiger partial charge >= 0.3 is 0 Å². The lowest BCUT2D eigenvalue weighted by molar-refractivity contribution is -0.214. The molecule has 0 spiro atoms. The van der Waals surface area contributed by atoms with Gasteiger partial charge in [-0.05, 0) is 6.07 Å². The highest BCUT2D eigenvalue weighted by atomic mass is 16.7. The normalized spacial score (nSPS) is 15.9. The Hall–Kier alpha value is -1.63. The number of nitrogens with one attached hydrogen (secondary N) is 1. The van der Waals surface area contributed by atoms with Gasteiger partial charge in [-0.3, -0.25) is 4.79 Å². The Labute approximate surface area is 125 Å². The van der Waals surface area contributed by atoms with E-state index in [9.17, 15) is 4.79 Å². The Kier molecular flexibility index (Phi) is 5.17. The minimum absolute atomic E-state index is 0.340. The summed E-state index contributed by atoms with van der Waals surface area (Å²) in [5, 5.41) is 2.60. The summed E-state index contributed by atoms with van der Waals surface area (Å²) in [6.07, 6.45) is 0. The second-order valence-corrected chi connectivity index (χ2v) is 4.72. The molecule has 1 aliphatic rings. The van der Waals surface area contributed by atoms with Gasteiger partial charge < -0.3 is 24.4 Å². The molecule has 1 heterocycles. The van der Waals surface area contributed by atoms with E-state index in [2.05, 4.69) is 10.2 Å². The van der Waals surface area contributed by atoms with Crippen molar-refractivity contribution < 1.29 is 19.0 Å². The van der Waals surface area contributed by atoms with E-state index < -0.39 is 5.79 Å². The van der Waals surface area contributed by atoms with Gasteiger partial charge in [-0.25, -0.2) is 0 Å². The monoisotopic (exact) mass is 294 g/mol. The first kappa shape index (κ1) is 15.8. The van der Waals surface area contributed by atoms with Gasteiger partial charge in [0.15, 0.2) is 0 Å². The fraction of sp³-hybridized carbons (Fsp3) is 0.533. The van der Waals surface area contributed by atoms with Gasteiger partial charge in [0.1, 0.15) is 0 Å². The number of ether oxygens (including phenoxy) is 3. The predicted octanol–water partition coefficient (Wildman–Crippen LogP) is 0.715. The average molecular weight is 294 g/mol. The smallest absolute Gasteiger partial charge is 0.285 e. The summed E-state index contributed by atoms with van der Waals surface area (Å²) >= 11 is 0. The number of methoxy groups -OCH3 is 2. The molecular formula is C15H22N2O4. The molecule has 21 heavy (non-hydrogen) atoms. The second kappa shape index (κ2) is 6.89. The van der Waals surface area contributed by atoms with E-state index in [0.29, 0.717) is 18.8 Å². The molecule has 1 aromatic carbocycles. The van der Waals surface area contributed by atoms with Crippen molar-refractivity contribution in [2.45, 2.75) is 5.79 Å². The lowest BCUT2D eigenvalue weighted by Crippen LogP contribution is -2.47. The number of rotatable bonds is 5. The van der Waals surface area contributed by atoms with Crippen LogP contribution < -0.4 is 10.2 Å². The third-order valence-corrected chi connectivity index (χ3v) is 3.71. The van der Waals surface area contributed by atoms with Crippen molar-refractivity contribution in [3.8, 4) is 0 Å². The summed E-state index contributed by atoms with van der Waals surface area (Å²) in [6, 6.07) is 7.63. The van der Waals surface area contributed by atoms with Gasteiger partial charge in [0, 0.05) is 45.6 Å². The Balaban J connectivity index is 2.48. The van der Waals surface area contributed by atoms with E-state index in [1.165, 1.54) is 14.2 Å². The highest BCUT2D eigenvalue weighted by Crippen LogP contribution is 2.34. The van der Waals surface area contributed by atoms with Gasteiger partial charge in [-0.1, -0.05) is 18.2 Å². The molecule has 6 heteroatoms. The number of para-hydroxylation sites is 1. The number of carbonyl (C=O) groups excluding carboxylic acids is 1. The molecule has 2 rings (SSSR count). The fourth-order valence-corrected chi connectivity index (χ4v) is 2.61. The van der Waals surface area contributed by atoms with E-state index in [1.807, 2.05) is 24.3 Å². The molecule has 116 valence electrons. The molecule has 0 bridgehead atoms. The van der Waals surface area contributed by atoms with Crippen molar-refractivity contribution in [3.05, 3.63) is 29.8 Å². The standard InChI is InChI=1S/C15H22N2O4/c1-16-14(18)15(19-2,20-3)12-6-4-5-7-13(12)17-8-10-21-11-9-17/h4-7H,8-11H2,1-3H3,(H,16,18). The van der Waals surface area contributed by atoms with Crippen molar-refractivity contribution in [2.75, 3.05) is 52.5 Å². The molecule has 1 fully saturated rings. The molecular weight excluding hydrogens is 272 g/mol. The topological polar surface area (TPSA) is 60.0 Å². The SMILES string of the molecule is CNC(=O)C(OC)(OC)c1ccccc1N1CCOCC1. The molecule has 0 aliphatic carbocycles. The van der Waals surface area contributed by atoms with E-state index in [4.69, 9.17) is 14.2 Å². The van der Waals surface area contributed by atoms with Crippen LogP contribution in [0.3, 0.4) is 0 Å². The highest BCUT2D eigenvalue weighted by molar-refractivity contribution is 5.87. The zero-order valence-electron chi connectivity index (χ0n) is 12.7. The molecule has 1 aliphatic heterocycles. The van der Waals surface area contributed by atoms with Crippen LogP contribution in [0.2, 0.25) is 0 Å². The maximum atomic E-state index is 12.3. The molecule has 0 radical (unpaired) electrons. The zero-order valence-corrected chi connectivity index (χ0v) is 12.7. The first-order valence-electron chi connectivity index (χ1n) is 6.94. The summed E-state index contributed by atoms with van der Waals surface area (Å²) in [5.41, 5.74) is 1.62. The molecule has 1 N–H and O–H groups in total. The van der Waals surface area contributed by atoms with Gasteiger partial charge in [0.05, 0.1) is 13.2 Å². The van der Waals surface area contributed by atoms with Crippen LogP contribution in [-0.2, 0) is 24.8 Å². The number of carbonyl (C=O) groups is 1. The molecule has 6 nitrogen and oxygen atoms in total. The van der Waals surface area contributed by atoms with Crippen molar-refractivity contribution in [1.82, 2.24) is 5.32 Å². The van der Waals surface area contributed by atoms with Crippen molar-refractivity contribution in [2.24, 2.45) is 0 Å². The largest absolute Gasteiger partial charge is 0.378 e. The first-order chi connectivity index (χ1) is 10.2. The van der Waals surface area contributed by atoms with Crippen LogP contribution >= 0.6 is 0 Å². The maximum absolute atomic E-state index is 12.3. The van der Waals surface area contributed by atoms with E-state index in [-0.39, 0.29) is 5.91 Å². The van der Waals surface area contributed by atoms with Crippen LogP contribution in [0.15, 0.2) is 24.3 Å². The summed E-state index contributed by atoms with van der Waals surface area (Å²) in [7, 11) is 4.50. The molecule has 0 atom stereocenters. The minimum Gasteiger partial charge on any atom is -0.378 e. The Morgan fingerprint density at radius 1 is 1.24 bits per heavy atom. The lowest BCUT2D eigenvalue weighted by Gasteiger charge is -2.36. The number of anilines is 1. The summed E-state index contributed by atoms with van der Waals surface area (Å²) in [5.74, 6) is -1.79. The van der Waals surface area contributed by atoms with Gasteiger partial charge in [-0.15, -0.1) is 0 Å². The van der Waals surface area contributed by atoms with Crippen molar-refractivity contribution in [1.29, 1.82) is 0 Å². The van der Waals surface area contributed by atoms with Crippen LogP contribution in [0.1, 0.15) is 5.56 Å². The number of hydrogen-bond donors (Lipinski definition) is 1. The molecule has 0 unspecified atom stereocenters. The number of likely N-dealkylation sites (N-methyl/N-ethyl adjacent to an activating group) is 1. The summed E-state index contributed by atoms with van der Waals surface area (Å²) in [4.78, 5) is 14.5. The van der Waals surface area contributed by atoms with Gasteiger partial charge in [-0.2, -0.15) is 0 Å². The van der Waals surface area contributed by atoms with Crippen LogP contribution in [0, 0.1) is 0 Å². The highest BCUT2D eigenvalue weighted by Gasteiger charge is 2.43. The maximum Gasteiger partial charge on any atom is 0.285 e. The summed E-state index contributed by atoms with van der Waals surface area (Å²) in [6.45, 7) is 2.88. The quantitative estimate of drug-likeness (QED) is 0.811. The van der Waals surface area contributed by atoms with Crippen LogP contribution in [0.4, 0.5) is 5.69 Å². The Bertz CT molecular complexity index is 482. The third-order valence-electron chi connectivity index (χ3n) is 3.71. The summed E-state index contributed by atoms with van der Waals surface area (Å²) < 4.78 is 16.3. The molecule has 1 saturated heterocycles. The minimum atomic E-state index is -1.45. The number of hydrogen-bond acceptors (Lipinski definition) is 5. The number of nitrogens with zero attached hydrogens (tertiary/aromatic N) is 1.